The lowest BCUT2D eigenvalue weighted by molar-refractivity contribution is -0.117. The Kier molecular flexibility index (Phi) is 5.01. The van der Waals surface area contributed by atoms with Crippen LogP contribution >= 0.6 is 11.8 Å². The lowest BCUT2D eigenvalue weighted by Gasteiger charge is -2.17. The Labute approximate surface area is 128 Å². The SMILES string of the molecule is CC[C@H](C)n1c(S[C@H](C)C(N)=O)nnc1-c1ccccc1. The number of rotatable bonds is 6. The molecule has 0 bridgehead atoms. The van der Waals surface area contributed by atoms with Crippen LogP contribution in [0.4, 0.5) is 0 Å². The molecule has 6 heteroatoms. The van der Waals surface area contributed by atoms with E-state index in [1.54, 1.807) is 6.92 Å². The van der Waals surface area contributed by atoms with Gasteiger partial charge in [-0.25, -0.2) is 0 Å². The first-order chi connectivity index (χ1) is 10.0. The molecular weight excluding hydrogens is 284 g/mol. The highest BCUT2D eigenvalue weighted by molar-refractivity contribution is 8.00. The zero-order valence-corrected chi connectivity index (χ0v) is 13.3. The van der Waals surface area contributed by atoms with Crippen molar-refractivity contribution in [3.8, 4) is 11.4 Å². The number of benzene rings is 1. The molecule has 2 aromatic rings. The quantitative estimate of drug-likeness (QED) is 0.833. The van der Waals surface area contributed by atoms with Crippen molar-refractivity contribution in [2.75, 3.05) is 0 Å². The smallest absolute Gasteiger partial charge is 0.230 e. The van der Waals surface area contributed by atoms with Gasteiger partial charge in [-0.2, -0.15) is 0 Å². The van der Waals surface area contributed by atoms with Crippen molar-refractivity contribution in [3.63, 3.8) is 0 Å². The van der Waals surface area contributed by atoms with Crippen molar-refractivity contribution >= 4 is 17.7 Å². The van der Waals surface area contributed by atoms with Gasteiger partial charge in [-0.1, -0.05) is 49.0 Å². The van der Waals surface area contributed by atoms with Crippen LogP contribution < -0.4 is 5.73 Å². The van der Waals surface area contributed by atoms with Crippen LogP contribution in [-0.2, 0) is 4.79 Å². The number of thioether (sulfide) groups is 1. The molecule has 0 radical (unpaired) electrons. The number of nitrogens with zero attached hydrogens (tertiary/aromatic N) is 3. The maximum Gasteiger partial charge on any atom is 0.230 e. The summed E-state index contributed by atoms with van der Waals surface area (Å²) in [5, 5.41) is 8.96. The third-order valence-electron chi connectivity index (χ3n) is 3.41. The normalized spacial score (nSPS) is 13.9. The van der Waals surface area contributed by atoms with E-state index in [2.05, 4.69) is 28.6 Å². The predicted molar refractivity (Wildman–Crippen MR) is 85.0 cm³/mol. The monoisotopic (exact) mass is 304 g/mol. The van der Waals surface area contributed by atoms with Gasteiger partial charge < -0.3 is 5.73 Å². The summed E-state index contributed by atoms with van der Waals surface area (Å²) < 4.78 is 2.08. The van der Waals surface area contributed by atoms with Crippen LogP contribution in [0.1, 0.15) is 33.2 Å². The van der Waals surface area contributed by atoms with Crippen LogP contribution in [0.25, 0.3) is 11.4 Å². The topological polar surface area (TPSA) is 73.8 Å². The largest absolute Gasteiger partial charge is 0.369 e. The molecule has 2 atom stereocenters. The van der Waals surface area contributed by atoms with Gasteiger partial charge in [-0.3, -0.25) is 9.36 Å². The lowest BCUT2D eigenvalue weighted by atomic mass is 10.2. The van der Waals surface area contributed by atoms with Gasteiger partial charge in [0.05, 0.1) is 5.25 Å². The van der Waals surface area contributed by atoms with Crippen LogP contribution in [0, 0.1) is 0 Å². The van der Waals surface area contributed by atoms with Crippen LogP contribution in [0.2, 0.25) is 0 Å². The molecule has 1 aromatic heterocycles. The van der Waals surface area contributed by atoms with Gasteiger partial charge in [0.1, 0.15) is 0 Å². The fourth-order valence-corrected chi connectivity index (χ4v) is 2.84. The van der Waals surface area contributed by atoms with E-state index in [9.17, 15) is 4.79 Å². The maximum absolute atomic E-state index is 11.3. The summed E-state index contributed by atoms with van der Waals surface area (Å²) in [7, 11) is 0. The van der Waals surface area contributed by atoms with Crippen molar-refractivity contribution in [3.05, 3.63) is 30.3 Å². The van der Waals surface area contributed by atoms with E-state index < -0.39 is 0 Å². The standard InChI is InChI=1S/C15H20N4OS/c1-4-10(2)19-14(12-8-6-5-7-9-12)17-18-15(19)21-11(3)13(16)20/h5-11H,4H2,1-3H3,(H2,16,20)/t10-,11+/m0/s1. The first kappa shape index (κ1) is 15.6. The minimum Gasteiger partial charge on any atom is -0.369 e. The molecule has 0 spiro atoms. The van der Waals surface area contributed by atoms with Crippen LogP contribution in [0.15, 0.2) is 35.5 Å². The summed E-state index contributed by atoms with van der Waals surface area (Å²) in [6.45, 7) is 6.02. The number of amides is 1. The summed E-state index contributed by atoms with van der Waals surface area (Å²) in [5.41, 5.74) is 6.36. The molecule has 0 fully saturated rings. The zero-order valence-electron chi connectivity index (χ0n) is 12.5. The second-order valence-electron chi connectivity index (χ2n) is 4.96. The maximum atomic E-state index is 11.3. The molecule has 21 heavy (non-hydrogen) atoms. The molecule has 0 aliphatic carbocycles. The molecule has 2 rings (SSSR count). The Morgan fingerprint density at radius 2 is 1.95 bits per heavy atom. The molecule has 1 aromatic carbocycles. The molecule has 0 aliphatic heterocycles. The van der Waals surface area contributed by atoms with E-state index in [0.717, 1.165) is 23.0 Å². The zero-order chi connectivity index (χ0) is 15.4. The van der Waals surface area contributed by atoms with Crippen LogP contribution in [0.5, 0.6) is 0 Å². The minimum atomic E-state index is -0.347. The lowest BCUT2D eigenvalue weighted by Crippen LogP contribution is -2.23. The minimum absolute atomic E-state index is 0.248. The number of hydrogen-bond donors (Lipinski definition) is 1. The Morgan fingerprint density at radius 3 is 2.52 bits per heavy atom. The average molecular weight is 304 g/mol. The molecule has 5 nitrogen and oxygen atoms in total. The summed E-state index contributed by atoms with van der Waals surface area (Å²) in [6, 6.07) is 10.2. The number of nitrogens with two attached hydrogens (primary N) is 1. The van der Waals surface area contributed by atoms with E-state index >= 15 is 0 Å². The molecule has 0 unspecified atom stereocenters. The highest BCUT2D eigenvalue weighted by atomic mass is 32.2. The molecular formula is C15H20N4OS. The van der Waals surface area contributed by atoms with E-state index in [0.29, 0.717) is 0 Å². The van der Waals surface area contributed by atoms with Gasteiger partial charge in [0.25, 0.3) is 0 Å². The van der Waals surface area contributed by atoms with E-state index in [-0.39, 0.29) is 17.2 Å². The molecule has 0 saturated heterocycles. The number of primary amides is 1. The summed E-state index contributed by atoms with van der Waals surface area (Å²) in [5.74, 6) is 0.476. The highest BCUT2D eigenvalue weighted by Gasteiger charge is 2.21. The fourth-order valence-electron chi connectivity index (χ4n) is 1.94. The highest BCUT2D eigenvalue weighted by Crippen LogP contribution is 2.30. The van der Waals surface area contributed by atoms with Crippen molar-refractivity contribution < 1.29 is 4.79 Å². The van der Waals surface area contributed by atoms with Crippen LogP contribution in [-0.4, -0.2) is 25.9 Å². The fraction of sp³-hybridized carbons (Fsp3) is 0.400. The van der Waals surface area contributed by atoms with E-state index in [1.165, 1.54) is 11.8 Å². The molecule has 0 aliphatic rings. The number of carbonyl (C=O) groups excluding carboxylic acids is 1. The van der Waals surface area contributed by atoms with Gasteiger partial charge in [-0.15, -0.1) is 10.2 Å². The predicted octanol–water partition coefficient (Wildman–Crippen LogP) is 2.88. The van der Waals surface area contributed by atoms with Gasteiger partial charge in [-0.05, 0) is 20.3 Å². The molecule has 2 N–H and O–H groups in total. The van der Waals surface area contributed by atoms with Gasteiger partial charge in [0.2, 0.25) is 5.91 Å². The van der Waals surface area contributed by atoms with Crippen LogP contribution in [0.3, 0.4) is 0 Å². The number of hydrogen-bond acceptors (Lipinski definition) is 4. The first-order valence-electron chi connectivity index (χ1n) is 7.00. The number of carbonyl (C=O) groups is 1. The van der Waals surface area contributed by atoms with Gasteiger partial charge in [0, 0.05) is 11.6 Å². The Morgan fingerprint density at radius 1 is 1.29 bits per heavy atom. The second-order valence-corrected chi connectivity index (χ2v) is 6.27. The van der Waals surface area contributed by atoms with Crippen molar-refractivity contribution in [1.82, 2.24) is 14.8 Å². The van der Waals surface area contributed by atoms with E-state index in [1.807, 2.05) is 30.3 Å². The van der Waals surface area contributed by atoms with Gasteiger partial charge >= 0.3 is 0 Å². The Hall–Kier alpha value is -1.82. The summed E-state index contributed by atoms with van der Waals surface area (Å²) in [6.07, 6.45) is 0.955. The summed E-state index contributed by atoms with van der Waals surface area (Å²) >= 11 is 1.35. The Balaban J connectivity index is 2.43. The molecule has 112 valence electrons. The number of aromatic nitrogens is 3. The van der Waals surface area contributed by atoms with Crippen molar-refractivity contribution in [1.29, 1.82) is 0 Å². The van der Waals surface area contributed by atoms with Crippen molar-refractivity contribution in [2.45, 2.75) is 43.6 Å². The molecule has 0 saturated carbocycles. The first-order valence-corrected chi connectivity index (χ1v) is 7.88. The second kappa shape index (κ2) is 6.76. The third kappa shape index (κ3) is 3.44. The van der Waals surface area contributed by atoms with E-state index in [4.69, 9.17) is 5.73 Å². The average Bonchev–Trinajstić information content (AvgIpc) is 2.90. The summed E-state index contributed by atoms with van der Waals surface area (Å²) in [4.78, 5) is 11.3. The Bertz CT molecular complexity index is 611. The van der Waals surface area contributed by atoms with Crippen molar-refractivity contribution in [2.24, 2.45) is 5.73 Å². The third-order valence-corrected chi connectivity index (χ3v) is 4.49. The molecule has 1 heterocycles. The molecule has 1 amide bonds. The van der Waals surface area contributed by atoms with Gasteiger partial charge in [0.15, 0.2) is 11.0 Å².